The summed E-state index contributed by atoms with van der Waals surface area (Å²) in [5.74, 6) is 0. The molecule has 0 aromatic carbocycles. The summed E-state index contributed by atoms with van der Waals surface area (Å²) in [7, 11) is -2.41. The van der Waals surface area contributed by atoms with Gasteiger partial charge in [0.25, 0.3) is 0 Å². The van der Waals surface area contributed by atoms with E-state index in [0.717, 1.165) is 0 Å². The summed E-state index contributed by atoms with van der Waals surface area (Å²) < 4.78 is 27.9. The van der Waals surface area contributed by atoms with Crippen LogP contribution in [0.2, 0.25) is 0 Å². The van der Waals surface area contributed by atoms with Crippen molar-refractivity contribution in [3.8, 4) is 0 Å². The Hall–Kier alpha value is 0.260. The standard InChI is InChI=1S/C2H7O5PS/c1-2-5-6-9(3,4)7-8/h2,8H2,1H3. The summed E-state index contributed by atoms with van der Waals surface area (Å²) in [5.41, 5.74) is 0. The average Bonchev–Trinajstić information content (AvgIpc) is 1.84. The molecular weight excluding hydrogens is 167 g/mol. The Kier molecular flexibility index (Phi) is 4.26. The van der Waals surface area contributed by atoms with Gasteiger partial charge in [-0.05, 0) is 6.92 Å². The molecule has 1 unspecified atom stereocenters. The fourth-order valence-corrected chi connectivity index (χ4v) is 0.465. The van der Waals surface area contributed by atoms with Crippen molar-refractivity contribution < 1.29 is 21.6 Å². The normalized spacial score (nSPS) is 11.8. The maximum absolute atomic E-state index is 10.2. The molecule has 9 heavy (non-hydrogen) atoms. The molecule has 0 heterocycles. The molecule has 0 saturated heterocycles. The molecule has 0 radical (unpaired) electrons. The first-order valence-electron chi connectivity index (χ1n) is 2.06. The van der Waals surface area contributed by atoms with Gasteiger partial charge in [0, 0.05) is 9.47 Å². The second-order valence-corrected chi connectivity index (χ2v) is 2.70. The van der Waals surface area contributed by atoms with Crippen LogP contribution in [0.3, 0.4) is 0 Å². The fourth-order valence-electron chi connectivity index (χ4n) is 0.123. The number of hydrogen-bond donors (Lipinski definition) is 0. The van der Waals surface area contributed by atoms with Crippen molar-refractivity contribution in [3.63, 3.8) is 0 Å². The van der Waals surface area contributed by atoms with Gasteiger partial charge in [0.2, 0.25) is 0 Å². The zero-order valence-corrected chi connectivity index (χ0v) is 6.71. The predicted molar refractivity (Wildman–Crippen MR) is 32.4 cm³/mol. The van der Waals surface area contributed by atoms with Crippen LogP contribution in [0, 0.1) is 0 Å². The van der Waals surface area contributed by atoms with Crippen molar-refractivity contribution in [2.45, 2.75) is 6.92 Å². The van der Waals surface area contributed by atoms with E-state index in [1.807, 2.05) is 0 Å². The minimum absolute atomic E-state index is 0.146. The maximum Gasteiger partial charge on any atom is 0.429 e. The molecule has 1 atom stereocenters. The quantitative estimate of drug-likeness (QED) is 0.341. The monoisotopic (exact) mass is 174 g/mol. The second kappa shape index (κ2) is 4.14. The lowest BCUT2D eigenvalue weighted by atomic mass is 10.9. The average molecular weight is 174 g/mol. The summed E-state index contributed by atoms with van der Waals surface area (Å²) in [6, 6.07) is 0. The van der Waals surface area contributed by atoms with E-state index in [0.29, 0.717) is 0 Å². The molecule has 0 aromatic rings. The molecule has 0 bridgehead atoms. The van der Waals surface area contributed by atoms with Crippen LogP contribution in [0.1, 0.15) is 6.92 Å². The Balaban J connectivity index is 3.61. The minimum atomic E-state index is -3.94. The van der Waals surface area contributed by atoms with E-state index >= 15 is 0 Å². The Morgan fingerprint density at radius 2 is 2.11 bits per heavy atom. The van der Waals surface area contributed by atoms with Crippen molar-refractivity contribution in [2.24, 2.45) is 0 Å². The second-order valence-electron chi connectivity index (χ2n) is 0.979. The molecule has 0 spiro atoms. The summed E-state index contributed by atoms with van der Waals surface area (Å²) in [6.45, 7) is 1.73. The zero-order valence-electron chi connectivity index (χ0n) is 4.73. The molecule has 56 valence electrons. The van der Waals surface area contributed by atoms with Crippen LogP contribution in [0.5, 0.6) is 0 Å². The fraction of sp³-hybridized carbons (Fsp3) is 1.00. The van der Waals surface area contributed by atoms with Crippen molar-refractivity contribution in [1.29, 1.82) is 0 Å². The van der Waals surface area contributed by atoms with E-state index < -0.39 is 10.4 Å². The molecule has 7 heteroatoms. The molecular formula is C2H7O5PS. The highest BCUT2D eigenvalue weighted by molar-refractivity contribution is 7.84. The lowest BCUT2D eigenvalue weighted by molar-refractivity contribution is -0.201. The molecule has 0 aliphatic rings. The lowest BCUT2D eigenvalue weighted by Gasteiger charge is -1.97. The molecule has 0 aromatic heterocycles. The first kappa shape index (κ1) is 9.26. The molecule has 5 nitrogen and oxygen atoms in total. The van der Waals surface area contributed by atoms with Crippen LogP contribution in [0.4, 0.5) is 0 Å². The Labute approximate surface area is 55.8 Å². The van der Waals surface area contributed by atoms with E-state index in [-0.39, 0.29) is 6.61 Å². The van der Waals surface area contributed by atoms with Gasteiger partial charge in [0.05, 0.1) is 6.61 Å². The van der Waals surface area contributed by atoms with Crippen LogP contribution < -0.4 is 0 Å². The van der Waals surface area contributed by atoms with Gasteiger partial charge in [0.15, 0.2) is 0 Å². The van der Waals surface area contributed by atoms with Gasteiger partial charge in [-0.15, -0.1) is 0 Å². The smallest absolute Gasteiger partial charge is 0.231 e. The topological polar surface area (TPSA) is 61.8 Å². The van der Waals surface area contributed by atoms with E-state index in [1.54, 1.807) is 6.92 Å². The summed E-state index contributed by atoms with van der Waals surface area (Å²) in [4.78, 5) is 4.06. The highest BCUT2D eigenvalue weighted by Gasteiger charge is 2.08. The SMILES string of the molecule is CCOOS(=O)(=O)OP. The Morgan fingerprint density at radius 1 is 1.56 bits per heavy atom. The largest absolute Gasteiger partial charge is 0.429 e. The summed E-state index contributed by atoms with van der Waals surface area (Å²) in [6.07, 6.45) is 0. The maximum atomic E-state index is 10.2. The minimum Gasteiger partial charge on any atom is -0.231 e. The molecule has 0 fully saturated rings. The molecule has 0 amide bonds. The molecule has 0 aliphatic carbocycles. The Morgan fingerprint density at radius 3 is 2.44 bits per heavy atom. The van der Waals surface area contributed by atoms with E-state index in [1.165, 1.54) is 9.47 Å². The first-order valence-corrected chi connectivity index (χ1v) is 3.87. The third-order valence-corrected chi connectivity index (χ3v) is 1.57. The van der Waals surface area contributed by atoms with Crippen LogP contribution >= 0.6 is 9.47 Å². The van der Waals surface area contributed by atoms with Crippen LogP contribution in [0.15, 0.2) is 0 Å². The van der Waals surface area contributed by atoms with Gasteiger partial charge in [0.1, 0.15) is 0 Å². The highest BCUT2D eigenvalue weighted by Crippen LogP contribution is 2.00. The third-order valence-electron chi connectivity index (χ3n) is 0.367. The summed E-state index contributed by atoms with van der Waals surface area (Å²) in [5, 5.41) is 0. The van der Waals surface area contributed by atoms with Crippen molar-refractivity contribution >= 4 is 19.9 Å². The van der Waals surface area contributed by atoms with Crippen LogP contribution in [-0.2, 0) is 23.6 Å². The number of hydrogen-bond acceptors (Lipinski definition) is 5. The first-order chi connectivity index (χ1) is 4.12. The molecule has 0 aliphatic heterocycles. The van der Waals surface area contributed by atoms with Gasteiger partial charge < -0.3 is 0 Å². The van der Waals surface area contributed by atoms with Crippen molar-refractivity contribution in [1.82, 2.24) is 0 Å². The molecule has 0 N–H and O–H groups in total. The van der Waals surface area contributed by atoms with Crippen LogP contribution in [-0.4, -0.2) is 15.0 Å². The van der Waals surface area contributed by atoms with Gasteiger partial charge in [-0.1, -0.05) is 4.33 Å². The Bertz CT molecular complexity index is 150. The van der Waals surface area contributed by atoms with Gasteiger partial charge in [-0.2, -0.15) is 8.42 Å². The van der Waals surface area contributed by atoms with E-state index in [2.05, 4.69) is 13.2 Å². The summed E-state index contributed by atoms with van der Waals surface area (Å²) >= 11 is 0. The highest BCUT2D eigenvalue weighted by atomic mass is 32.3. The molecule has 0 saturated carbocycles. The number of rotatable bonds is 4. The predicted octanol–water partition coefficient (Wildman–Crippen LogP) is 0.00600. The molecule has 0 rings (SSSR count). The van der Waals surface area contributed by atoms with E-state index in [4.69, 9.17) is 0 Å². The van der Waals surface area contributed by atoms with Gasteiger partial charge >= 0.3 is 10.4 Å². The third kappa shape index (κ3) is 4.74. The zero-order chi connectivity index (χ0) is 7.33. The van der Waals surface area contributed by atoms with Crippen molar-refractivity contribution in [3.05, 3.63) is 0 Å². The van der Waals surface area contributed by atoms with Crippen molar-refractivity contribution in [2.75, 3.05) is 6.61 Å². The van der Waals surface area contributed by atoms with Crippen LogP contribution in [0.25, 0.3) is 0 Å². The lowest BCUT2D eigenvalue weighted by Crippen LogP contribution is -2.04. The van der Waals surface area contributed by atoms with E-state index in [9.17, 15) is 8.42 Å². The van der Waals surface area contributed by atoms with Gasteiger partial charge in [-0.25, -0.2) is 8.86 Å². The van der Waals surface area contributed by atoms with Gasteiger partial charge in [-0.3, -0.25) is 0 Å².